The van der Waals surface area contributed by atoms with Crippen molar-refractivity contribution in [2.75, 3.05) is 33.3 Å². The highest BCUT2D eigenvalue weighted by Gasteiger charge is 2.20. The van der Waals surface area contributed by atoms with Crippen molar-refractivity contribution < 1.29 is 9.53 Å². The number of hydrogen-bond acceptors (Lipinski definition) is 4. The summed E-state index contributed by atoms with van der Waals surface area (Å²) in [5.41, 5.74) is 5.90. The molecule has 2 aliphatic rings. The molecule has 0 aromatic carbocycles. The lowest BCUT2D eigenvalue weighted by Crippen LogP contribution is -2.45. The summed E-state index contributed by atoms with van der Waals surface area (Å²) in [6.45, 7) is 3.28. The Morgan fingerprint density at radius 2 is 2.10 bits per heavy atom. The predicted molar refractivity (Wildman–Crippen MR) is 79.4 cm³/mol. The van der Waals surface area contributed by atoms with Gasteiger partial charge in [0, 0.05) is 32.1 Å². The third kappa shape index (κ3) is 5.38. The Morgan fingerprint density at radius 3 is 2.80 bits per heavy atom. The molecule has 116 valence electrons. The molecule has 3 N–H and O–H groups in total. The van der Waals surface area contributed by atoms with E-state index in [-0.39, 0.29) is 12.0 Å². The van der Waals surface area contributed by atoms with Crippen LogP contribution >= 0.6 is 0 Å². The molecular weight excluding hydrogens is 254 g/mol. The average Bonchev–Trinajstić information content (AvgIpc) is 2.45. The van der Waals surface area contributed by atoms with E-state index in [0.717, 1.165) is 39.0 Å². The van der Waals surface area contributed by atoms with Gasteiger partial charge in [-0.1, -0.05) is 0 Å². The van der Waals surface area contributed by atoms with Gasteiger partial charge in [-0.25, -0.2) is 0 Å². The fourth-order valence-corrected chi connectivity index (χ4v) is 3.12. The molecule has 1 amide bonds. The van der Waals surface area contributed by atoms with Gasteiger partial charge in [0.2, 0.25) is 5.91 Å². The Balaban J connectivity index is 1.56. The molecule has 2 rings (SSSR count). The highest BCUT2D eigenvalue weighted by Crippen LogP contribution is 2.26. The molecule has 0 spiro atoms. The number of nitrogens with zero attached hydrogens (tertiary/aromatic N) is 1. The number of nitrogens with one attached hydrogen (secondary N) is 1. The summed E-state index contributed by atoms with van der Waals surface area (Å²) in [6, 6.07) is 0.389. The van der Waals surface area contributed by atoms with Crippen LogP contribution in [-0.4, -0.2) is 56.2 Å². The number of likely N-dealkylation sites (N-methyl/N-ethyl adjacent to an activating group) is 1. The van der Waals surface area contributed by atoms with Crippen molar-refractivity contribution in [1.29, 1.82) is 0 Å². The van der Waals surface area contributed by atoms with Crippen molar-refractivity contribution in [3.05, 3.63) is 0 Å². The van der Waals surface area contributed by atoms with Gasteiger partial charge in [0.05, 0.1) is 12.7 Å². The number of hydrogen-bond donors (Lipinski definition) is 2. The molecule has 0 aromatic heterocycles. The second-order valence-electron chi connectivity index (χ2n) is 6.38. The molecule has 0 bridgehead atoms. The molecule has 1 atom stereocenters. The van der Waals surface area contributed by atoms with Crippen LogP contribution in [0.3, 0.4) is 0 Å². The Kier molecular flexibility index (Phi) is 6.26. The van der Waals surface area contributed by atoms with Gasteiger partial charge in [-0.05, 0) is 45.1 Å². The quantitative estimate of drug-likeness (QED) is 0.780. The number of carbonyl (C=O) groups is 1. The maximum absolute atomic E-state index is 11.9. The molecule has 0 aromatic rings. The third-order valence-electron chi connectivity index (χ3n) is 4.54. The summed E-state index contributed by atoms with van der Waals surface area (Å²) in [6.07, 6.45) is 6.40. The largest absolute Gasteiger partial charge is 0.374 e. The number of ether oxygens (including phenoxy) is 1. The first-order valence-corrected chi connectivity index (χ1v) is 7.96. The van der Waals surface area contributed by atoms with Gasteiger partial charge in [-0.3, -0.25) is 4.79 Å². The van der Waals surface area contributed by atoms with E-state index in [1.807, 2.05) is 0 Å². The molecule has 1 saturated heterocycles. The molecule has 5 nitrogen and oxygen atoms in total. The second-order valence-corrected chi connectivity index (χ2v) is 6.38. The number of amides is 1. The first-order chi connectivity index (χ1) is 9.63. The zero-order valence-corrected chi connectivity index (χ0v) is 12.6. The standard InChI is InChI=1S/C15H29N3O2/c1-18-8-9-20-14(11-18)10-17-15(19)7-4-12-2-5-13(16)6-3-12/h12-14H,2-11,16H2,1H3,(H,17,19). The fraction of sp³-hybridized carbons (Fsp3) is 0.933. The van der Waals surface area contributed by atoms with Crippen LogP contribution in [-0.2, 0) is 9.53 Å². The van der Waals surface area contributed by atoms with Crippen LogP contribution in [0.25, 0.3) is 0 Å². The molecule has 1 aliphatic carbocycles. The van der Waals surface area contributed by atoms with Crippen LogP contribution < -0.4 is 11.1 Å². The van der Waals surface area contributed by atoms with Gasteiger partial charge >= 0.3 is 0 Å². The van der Waals surface area contributed by atoms with E-state index >= 15 is 0 Å². The molecule has 1 aliphatic heterocycles. The number of morpholine rings is 1. The van der Waals surface area contributed by atoms with Gasteiger partial charge in [-0.2, -0.15) is 0 Å². The highest BCUT2D eigenvalue weighted by molar-refractivity contribution is 5.75. The zero-order chi connectivity index (χ0) is 14.4. The van der Waals surface area contributed by atoms with E-state index < -0.39 is 0 Å². The Hall–Kier alpha value is -0.650. The van der Waals surface area contributed by atoms with E-state index in [4.69, 9.17) is 10.5 Å². The van der Waals surface area contributed by atoms with Crippen LogP contribution in [0, 0.1) is 5.92 Å². The monoisotopic (exact) mass is 283 g/mol. The van der Waals surface area contributed by atoms with Crippen molar-refractivity contribution in [2.45, 2.75) is 50.7 Å². The highest BCUT2D eigenvalue weighted by atomic mass is 16.5. The minimum atomic E-state index is 0.144. The van der Waals surface area contributed by atoms with Crippen molar-refractivity contribution in [2.24, 2.45) is 11.7 Å². The smallest absolute Gasteiger partial charge is 0.220 e. The van der Waals surface area contributed by atoms with E-state index in [9.17, 15) is 4.79 Å². The van der Waals surface area contributed by atoms with Crippen molar-refractivity contribution >= 4 is 5.91 Å². The second kappa shape index (κ2) is 7.96. The molecule has 1 saturated carbocycles. The van der Waals surface area contributed by atoms with Crippen molar-refractivity contribution in [3.63, 3.8) is 0 Å². The van der Waals surface area contributed by atoms with Gasteiger partial charge in [0.1, 0.15) is 0 Å². The summed E-state index contributed by atoms with van der Waals surface area (Å²) in [7, 11) is 2.09. The maximum atomic E-state index is 11.9. The molecule has 5 heteroatoms. The van der Waals surface area contributed by atoms with Crippen LogP contribution in [0.1, 0.15) is 38.5 Å². The average molecular weight is 283 g/mol. The van der Waals surface area contributed by atoms with Crippen molar-refractivity contribution in [3.8, 4) is 0 Å². The summed E-state index contributed by atoms with van der Waals surface area (Å²) in [5, 5.41) is 3.01. The predicted octanol–water partition coefficient (Wildman–Crippen LogP) is 0.731. The normalized spacial score (nSPS) is 32.0. The minimum absolute atomic E-state index is 0.144. The summed E-state index contributed by atoms with van der Waals surface area (Å²) in [5.74, 6) is 0.856. The third-order valence-corrected chi connectivity index (χ3v) is 4.54. The van der Waals surface area contributed by atoms with Crippen LogP contribution in [0.2, 0.25) is 0 Å². The van der Waals surface area contributed by atoms with E-state index in [2.05, 4.69) is 17.3 Å². The lowest BCUT2D eigenvalue weighted by molar-refractivity contribution is -0.122. The number of rotatable bonds is 5. The Morgan fingerprint density at radius 1 is 1.35 bits per heavy atom. The molecule has 2 fully saturated rings. The Labute approximate surface area is 122 Å². The molecule has 1 heterocycles. The van der Waals surface area contributed by atoms with Crippen LogP contribution in [0.15, 0.2) is 0 Å². The van der Waals surface area contributed by atoms with Gasteiger partial charge in [0.15, 0.2) is 0 Å². The SMILES string of the molecule is CN1CCOC(CNC(=O)CCC2CCC(N)CC2)C1. The summed E-state index contributed by atoms with van der Waals surface area (Å²) >= 11 is 0. The lowest BCUT2D eigenvalue weighted by Gasteiger charge is -2.30. The van der Waals surface area contributed by atoms with E-state index in [0.29, 0.717) is 24.9 Å². The van der Waals surface area contributed by atoms with Gasteiger partial charge in [-0.15, -0.1) is 0 Å². The summed E-state index contributed by atoms with van der Waals surface area (Å²) in [4.78, 5) is 14.1. The van der Waals surface area contributed by atoms with Gasteiger partial charge < -0.3 is 20.7 Å². The molecular formula is C15H29N3O2. The first-order valence-electron chi connectivity index (χ1n) is 7.96. The van der Waals surface area contributed by atoms with Crippen LogP contribution in [0.5, 0.6) is 0 Å². The molecule has 20 heavy (non-hydrogen) atoms. The van der Waals surface area contributed by atoms with E-state index in [1.54, 1.807) is 0 Å². The zero-order valence-electron chi connectivity index (χ0n) is 12.6. The maximum Gasteiger partial charge on any atom is 0.220 e. The number of nitrogens with two attached hydrogens (primary N) is 1. The van der Waals surface area contributed by atoms with E-state index in [1.165, 1.54) is 12.8 Å². The topological polar surface area (TPSA) is 67.6 Å². The lowest BCUT2D eigenvalue weighted by atomic mass is 9.84. The van der Waals surface area contributed by atoms with Crippen LogP contribution in [0.4, 0.5) is 0 Å². The Bertz CT molecular complexity index is 303. The minimum Gasteiger partial charge on any atom is -0.374 e. The number of carbonyl (C=O) groups excluding carboxylic acids is 1. The fourth-order valence-electron chi connectivity index (χ4n) is 3.12. The molecule has 0 radical (unpaired) electrons. The molecule has 1 unspecified atom stereocenters. The summed E-state index contributed by atoms with van der Waals surface area (Å²) < 4.78 is 5.63. The first kappa shape index (κ1) is 15.7. The van der Waals surface area contributed by atoms with Crippen molar-refractivity contribution in [1.82, 2.24) is 10.2 Å². The van der Waals surface area contributed by atoms with Gasteiger partial charge in [0.25, 0.3) is 0 Å².